The molecule has 0 saturated carbocycles. The topological polar surface area (TPSA) is 0 Å². The lowest BCUT2D eigenvalue weighted by Crippen LogP contribution is -1.83. The van der Waals surface area contributed by atoms with E-state index in [1.165, 1.54) is 16.7 Å². The van der Waals surface area contributed by atoms with Gasteiger partial charge in [-0.2, -0.15) is 0 Å². The molecule has 0 spiro atoms. The van der Waals surface area contributed by atoms with Gasteiger partial charge in [0.25, 0.3) is 0 Å². The van der Waals surface area contributed by atoms with Crippen molar-refractivity contribution in [2.24, 2.45) is 0 Å². The Labute approximate surface area is 85.0 Å². The van der Waals surface area contributed by atoms with Crippen molar-refractivity contribution >= 4 is 11.1 Å². The summed E-state index contributed by atoms with van der Waals surface area (Å²) in [7, 11) is 0. The summed E-state index contributed by atoms with van der Waals surface area (Å²) in [5, 5.41) is 0. The van der Waals surface area contributed by atoms with Gasteiger partial charge in [0.2, 0.25) is 0 Å². The number of rotatable bonds is 2. The third-order valence-corrected chi connectivity index (χ3v) is 2.51. The van der Waals surface area contributed by atoms with Crippen LogP contribution in [0.2, 0.25) is 0 Å². The molecule has 0 aliphatic heterocycles. The normalized spacial score (nSPS) is 13.4. The Bertz CT molecular complexity index is 441. The second-order valence-corrected chi connectivity index (χ2v) is 3.44. The van der Waals surface area contributed by atoms with Gasteiger partial charge in [-0.3, -0.25) is 0 Å². The average molecular weight is 180 g/mol. The van der Waals surface area contributed by atoms with E-state index >= 15 is 0 Å². The van der Waals surface area contributed by atoms with E-state index in [9.17, 15) is 0 Å². The zero-order chi connectivity index (χ0) is 9.97. The highest BCUT2D eigenvalue weighted by atomic mass is 14.2. The monoisotopic (exact) mass is 180 g/mol. The number of hydrogen-bond acceptors (Lipinski definition) is 0. The van der Waals surface area contributed by atoms with Gasteiger partial charge in [0, 0.05) is 6.42 Å². The Morgan fingerprint density at radius 2 is 1.93 bits per heavy atom. The summed E-state index contributed by atoms with van der Waals surface area (Å²) in [5.41, 5.74) is 4.98. The van der Waals surface area contributed by atoms with Crippen molar-refractivity contribution in [2.45, 2.75) is 12.8 Å². The highest BCUT2D eigenvalue weighted by Gasteiger charge is 2.14. The van der Waals surface area contributed by atoms with Crippen LogP contribution in [0, 0.1) is 12.3 Å². The van der Waals surface area contributed by atoms with Gasteiger partial charge < -0.3 is 0 Å². The van der Waals surface area contributed by atoms with Crippen LogP contribution in [0.5, 0.6) is 0 Å². The van der Waals surface area contributed by atoms with Crippen LogP contribution in [0.1, 0.15) is 24.0 Å². The Morgan fingerprint density at radius 3 is 2.64 bits per heavy atom. The first-order valence-corrected chi connectivity index (χ1v) is 4.75. The van der Waals surface area contributed by atoms with Crippen molar-refractivity contribution in [3.8, 4) is 12.3 Å². The van der Waals surface area contributed by atoms with E-state index in [2.05, 4.69) is 36.8 Å². The van der Waals surface area contributed by atoms with Gasteiger partial charge in [0.05, 0.1) is 0 Å². The molecule has 0 aromatic heterocycles. The number of benzene rings is 1. The summed E-state index contributed by atoms with van der Waals surface area (Å²) in [6, 6.07) is 8.34. The molecule has 0 heterocycles. The minimum absolute atomic E-state index is 0.799. The zero-order valence-corrected chi connectivity index (χ0v) is 8.09. The fraction of sp³-hybridized carbons (Fsp3) is 0.143. The summed E-state index contributed by atoms with van der Waals surface area (Å²) in [6.45, 7) is 4.03. The fourth-order valence-corrected chi connectivity index (χ4v) is 1.82. The highest BCUT2D eigenvalue weighted by molar-refractivity contribution is 5.94. The molecule has 1 aromatic carbocycles. The van der Waals surface area contributed by atoms with Crippen molar-refractivity contribution < 1.29 is 0 Å². The fourth-order valence-electron chi connectivity index (χ4n) is 1.82. The van der Waals surface area contributed by atoms with Gasteiger partial charge in [0.15, 0.2) is 0 Å². The largest absolute Gasteiger partial charge is 0.120 e. The molecule has 0 unspecified atom stereocenters. The molecular weight excluding hydrogens is 168 g/mol. The summed E-state index contributed by atoms with van der Waals surface area (Å²) in [5.74, 6) is 2.67. The molecule has 0 N–H and O–H groups in total. The second-order valence-electron chi connectivity index (χ2n) is 3.44. The molecule has 14 heavy (non-hydrogen) atoms. The molecule has 0 amide bonds. The molecule has 68 valence electrons. The first-order valence-electron chi connectivity index (χ1n) is 4.75. The smallest absolute Gasteiger partial charge is 0.0127 e. The standard InChI is InChI=1S/C14H12/c1-3-4-7-12-10-11(2)13-8-5-6-9-14(12)13/h1,5-6,8-10H,2,4,7H2. The second kappa shape index (κ2) is 3.55. The lowest BCUT2D eigenvalue weighted by Gasteiger charge is -2.02. The van der Waals surface area contributed by atoms with Gasteiger partial charge in [-0.1, -0.05) is 36.9 Å². The molecule has 2 rings (SSSR count). The van der Waals surface area contributed by atoms with E-state index < -0.39 is 0 Å². The van der Waals surface area contributed by atoms with E-state index in [1.807, 2.05) is 6.07 Å². The van der Waals surface area contributed by atoms with E-state index in [0.29, 0.717) is 0 Å². The number of fused-ring (bicyclic) bond motifs is 1. The molecular formula is C14H12. The first kappa shape index (κ1) is 8.84. The molecule has 0 fully saturated rings. The van der Waals surface area contributed by atoms with Gasteiger partial charge in [-0.25, -0.2) is 0 Å². The third-order valence-electron chi connectivity index (χ3n) is 2.51. The quantitative estimate of drug-likeness (QED) is 0.611. The van der Waals surface area contributed by atoms with Crippen molar-refractivity contribution in [3.05, 3.63) is 48.0 Å². The number of terminal acetylenes is 1. The van der Waals surface area contributed by atoms with Gasteiger partial charge in [0.1, 0.15) is 0 Å². The van der Waals surface area contributed by atoms with Crippen LogP contribution >= 0.6 is 0 Å². The van der Waals surface area contributed by atoms with Crippen molar-refractivity contribution in [2.75, 3.05) is 0 Å². The van der Waals surface area contributed by atoms with Crippen molar-refractivity contribution in [3.63, 3.8) is 0 Å². The van der Waals surface area contributed by atoms with Crippen LogP contribution in [0.15, 0.2) is 36.9 Å². The molecule has 1 aliphatic rings. The lowest BCUT2D eigenvalue weighted by atomic mass is 10.0. The Kier molecular flexibility index (Phi) is 2.24. The Hall–Kier alpha value is -1.74. The summed E-state index contributed by atoms with van der Waals surface area (Å²) in [6.07, 6.45) is 9.15. The number of allylic oxidation sites excluding steroid dienone is 3. The van der Waals surface area contributed by atoms with Gasteiger partial charge in [-0.15, -0.1) is 12.3 Å². The van der Waals surface area contributed by atoms with Crippen LogP contribution in [-0.4, -0.2) is 0 Å². The summed E-state index contributed by atoms with van der Waals surface area (Å²) >= 11 is 0. The van der Waals surface area contributed by atoms with E-state index in [-0.39, 0.29) is 0 Å². The number of hydrogen-bond donors (Lipinski definition) is 0. The Balaban J connectivity index is 2.35. The third kappa shape index (κ3) is 1.38. The van der Waals surface area contributed by atoms with Crippen LogP contribution in [0.3, 0.4) is 0 Å². The minimum atomic E-state index is 0.799. The van der Waals surface area contributed by atoms with Crippen molar-refractivity contribution in [1.29, 1.82) is 0 Å². The molecule has 0 atom stereocenters. The molecule has 0 heteroatoms. The predicted octanol–water partition coefficient (Wildman–Crippen LogP) is 3.51. The zero-order valence-electron chi connectivity index (χ0n) is 8.09. The highest BCUT2D eigenvalue weighted by Crippen LogP contribution is 2.36. The van der Waals surface area contributed by atoms with Gasteiger partial charge in [-0.05, 0) is 28.7 Å². The van der Waals surface area contributed by atoms with Crippen LogP contribution < -0.4 is 0 Å². The van der Waals surface area contributed by atoms with E-state index in [1.54, 1.807) is 0 Å². The molecule has 0 saturated heterocycles. The minimum Gasteiger partial charge on any atom is -0.120 e. The van der Waals surface area contributed by atoms with E-state index in [0.717, 1.165) is 18.4 Å². The van der Waals surface area contributed by atoms with Crippen LogP contribution in [0.25, 0.3) is 11.1 Å². The molecule has 0 radical (unpaired) electrons. The van der Waals surface area contributed by atoms with E-state index in [4.69, 9.17) is 6.42 Å². The van der Waals surface area contributed by atoms with Gasteiger partial charge >= 0.3 is 0 Å². The maximum absolute atomic E-state index is 5.26. The Morgan fingerprint density at radius 1 is 1.21 bits per heavy atom. The molecule has 0 bridgehead atoms. The van der Waals surface area contributed by atoms with Crippen LogP contribution in [-0.2, 0) is 0 Å². The summed E-state index contributed by atoms with van der Waals surface area (Å²) < 4.78 is 0. The summed E-state index contributed by atoms with van der Waals surface area (Å²) in [4.78, 5) is 0. The van der Waals surface area contributed by atoms with Crippen LogP contribution in [0.4, 0.5) is 0 Å². The van der Waals surface area contributed by atoms with Crippen molar-refractivity contribution in [1.82, 2.24) is 0 Å². The first-order chi connectivity index (χ1) is 6.83. The molecule has 1 aliphatic carbocycles. The predicted molar refractivity (Wildman–Crippen MR) is 61.5 cm³/mol. The maximum Gasteiger partial charge on any atom is 0.0127 e. The lowest BCUT2D eigenvalue weighted by molar-refractivity contribution is 1.11. The SMILES string of the molecule is C#CCCC1=CC(=C)c2ccccc21. The molecule has 0 nitrogen and oxygen atoms in total. The average Bonchev–Trinajstić information content (AvgIpc) is 2.54. The molecule has 1 aromatic rings. The maximum atomic E-state index is 5.26.